The molecule has 1 spiro atoms. The maximum absolute atomic E-state index is 13.3. The maximum Gasteiger partial charge on any atom is 0.321 e. The van der Waals surface area contributed by atoms with Crippen LogP contribution in [0.2, 0.25) is 0 Å². The summed E-state index contributed by atoms with van der Waals surface area (Å²) in [4.78, 5) is 41.4. The van der Waals surface area contributed by atoms with Crippen molar-refractivity contribution in [1.29, 1.82) is 0 Å². The van der Waals surface area contributed by atoms with Crippen molar-refractivity contribution in [2.45, 2.75) is 32.3 Å². The third-order valence-electron chi connectivity index (χ3n) is 6.82. The molecule has 0 aliphatic carbocycles. The number of rotatable bonds is 5. The maximum atomic E-state index is 13.3. The SMILES string of the molecule is COc1ccccc1NC(=O)N1CCC2(CC1)CCN(C(=O)[C@H](OC(C)=O)c1ccccc1)C2. The molecule has 2 fully saturated rings. The molecule has 2 aliphatic heterocycles. The van der Waals surface area contributed by atoms with Crippen LogP contribution in [-0.2, 0) is 14.3 Å². The van der Waals surface area contributed by atoms with E-state index in [1.807, 2.05) is 52.3 Å². The third kappa shape index (κ3) is 5.16. The van der Waals surface area contributed by atoms with Crippen molar-refractivity contribution in [3.8, 4) is 5.75 Å². The summed E-state index contributed by atoms with van der Waals surface area (Å²) in [6, 6.07) is 16.3. The van der Waals surface area contributed by atoms with Gasteiger partial charge in [-0.2, -0.15) is 0 Å². The smallest absolute Gasteiger partial charge is 0.321 e. The lowest BCUT2D eigenvalue weighted by Gasteiger charge is -2.39. The fourth-order valence-corrected chi connectivity index (χ4v) is 4.88. The molecule has 3 amide bonds. The first-order valence-corrected chi connectivity index (χ1v) is 11.6. The van der Waals surface area contributed by atoms with E-state index < -0.39 is 12.1 Å². The van der Waals surface area contributed by atoms with Crippen LogP contribution < -0.4 is 10.1 Å². The topological polar surface area (TPSA) is 88.2 Å². The van der Waals surface area contributed by atoms with Gasteiger partial charge in [-0.25, -0.2) is 4.79 Å². The number of benzene rings is 2. The van der Waals surface area contributed by atoms with Gasteiger partial charge in [0.25, 0.3) is 5.91 Å². The number of ether oxygens (including phenoxy) is 2. The molecule has 0 aromatic heterocycles. The van der Waals surface area contributed by atoms with Gasteiger partial charge in [0.05, 0.1) is 12.8 Å². The number of hydrogen-bond acceptors (Lipinski definition) is 5. The zero-order valence-corrected chi connectivity index (χ0v) is 19.7. The fourth-order valence-electron chi connectivity index (χ4n) is 4.88. The Bertz CT molecular complexity index is 1030. The highest BCUT2D eigenvalue weighted by molar-refractivity contribution is 5.91. The minimum absolute atomic E-state index is 0.0195. The average molecular weight is 466 g/mol. The number of hydrogen-bond donors (Lipinski definition) is 1. The van der Waals surface area contributed by atoms with Crippen molar-refractivity contribution < 1.29 is 23.9 Å². The number of amides is 3. The molecular formula is C26H31N3O5. The molecular weight excluding hydrogens is 434 g/mol. The van der Waals surface area contributed by atoms with Gasteiger partial charge in [0.1, 0.15) is 5.75 Å². The van der Waals surface area contributed by atoms with Crippen LogP contribution in [0, 0.1) is 5.41 Å². The summed E-state index contributed by atoms with van der Waals surface area (Å²) < 4.78 is 10.7. The van der Waals surface area contributed by atoms with Crippen molar-refractivity contribution in [3.63, 3.8) is 0 Å². The van der Waals surface area contributed by atoms with Gasteiger partial charge >= 0.3 is 12.0 Å². The lowest BCUT2D eigenvalue weighted by atomic mass is 9.78. The molecule has 8 heteroatoms. The van der Waals surface area contributed by atoms with Crippen molar-refractivity contribution in [1.82, 2.24) is 9.80 Å². The highest BCUT2D eigenvalue weighted by Crippen LogP contribution is 2.41. The highest BCUT2D eigenvalue weighted by atomic mass is 16.5. The number of piperidine rings is 1. The minimum Gasteiger partial charge on any atom is -0.495 e. The lowest BCUT2D eigenvalue weighted by molar-refractivity contribution is -0.159. The zero-order valence-electron chi connectivity index (χ0n) is 19.7. The summed E-state index contributed by atoms with van der Waals surface area (Å²) in [5.74, 6) is -0.0462. The number of carbonyl (C=O) groups is 3. The van der Waals surface area contributed by atoms with Crippen LogP contribution >= 0.6 is 0 Å². The van der Waals surface area contributed by atoms with Gasteiger partial charge in [-0.05, 0) is 36.8 Å². The first-order chi connectivity index (χ1) is 16.4. The Hall–Kier alpha value is -3.55. The van der Waals surface area contributed by atoms with Crippen LogP contribution in [0.4, 0.5) is 10.5 Å². The first-order valence-electron chi connectivity index (χ1n) is 11.6. The van der Waals surface area contributed by atoms with Gasteiger partial charge in [0.2, 0.25) is 6.10 Å². The molecule has 1 atom stereocenters. The van der Waals surface area contributed by atoms with Gasteiger partial charge in [-0.1, -0.05) is 42.5 Å². The number of nitrogens with zero attached hydrogens (tertiary/aromatic N) is 2. The number of urea groups is 1. The average Bonchev–Trinajstić information content (AvgIpc) is 3.26. The van der Waals surface area contributed by atoms with Crippen LogP contribution in [-0.4, -0.2) is 61.0 Å². The van der Waals surface area contributed by atoms with E-state index in [0.29, 0.717) is 43.2 Å². The molecule has 2 aromatic carbocycles. The van der Waals surface area contributed by atoms with E-state index in [9.17, 15) is 14.4 Å². The van der Waals surface area contributed by atoms with Crippen LogP contribution in [0.5, 0.6) is 5.75 Å². The van der Waals surface area contributed by atoms with Gasteiger partial charge in [-0.3, -0.25) is 9.59 Å². The number of carbonyl (C=O) groups excluding carboxylic acids is 3. The molecule has 0 bridgehead atoms. The second kappa shape index (κ2) is 10.2. The fraction of sp³-hybridized carbons (Fsp3) is 0.423. The predicted molar refractivity (Wildman–Crippen MR) is 127 cm³/mol. The molecule has 0 saturated carbocycles. The molecule has 180 valence electrons. The normalized spacial score (nSPS) is 17.8. The molecule has 2 aromatic rings. The van der Waals surface area contributed by atoms with E-state index in [4.69, 9.17) is 9.47 Å². The summed E-state index contributed by atoms with van der Waals surface area (Å²) >= 11 is 0. The summed E-state index contributed by atoms with van der Waals surface area (Å²) in [5.41, 5.74) is 1.30. The molecule has 2 aliphatic rings. The van der Waals surface area contributed by atoms with Crippen molar-refractivity contribution in [3.05, 3.63) is 60.2 Å². The monoisotopic (exact) mass is 465 g/mol. The Labute approximate surface area is 199 Å². The Morgan fingerprint density at radius 2 is 1.53 bits per heavy atom. The Morgan fingerprint density at radius 1 is 0.912 bits per heavy atom. The van der Waals surface area contributed by atoms with Crippen molar-refractivity contribution in [2.24, 2.45) is 5.41 Å². The van der Waals surface area contributed by atoms with E-state index in [2.05, 4.69) is 5.32 Å². The molecule has 2 heterocycles. The largest absolute Gasteiger partial charge is 0.495 e. The van der Waals surface area contributed by atoms with Crippen molar-refractivity contribution in [2.75, 3.05) is 38.6 Å². The van der Waals surface area contributed by atoms with Gasteiger partial charge in [0.15, 0.2) is 0 Å². The highest BCUT2D eigenvalue weighted by Gasteiger charge is 2.44. The molecule has 2 saturated heterocycles. The summed E-state index contributed by atoms with van der Waals surface area (Å²) in [5, 5.41) is 2.94. The molecule has 34 heavy (non-hydrogen) atoms. The Balaban J connectivity index is 1.36. The number of para-hydroxylation sites is 2. The molecule has 0 radical (unpaired) electrons. The predicted octanol–water partition coefficient (Wildman–Crippen LogP) is 3.85. The van der Waals surface area contributed by atoms with Crippen molar-refractivity contribution >= 4 is 23.6 Å². The zero-order chi connectivity index (χ0) is 24.1. The number of nitrogens with one attached hydrogen (secondary N) is 1. The number of anilines is 1. The number of likely N-dealkylation sites (tertiary alicyclic amines) is 2. The quantitative estimate of drug-likeness (QED) is 0.678. The Morgan fingerprint density at radius 3 is 2.18 bits per heavy atom. The summed E-state index contributed by atoms with van der Waals surface area (Å²) in [6.45, 7) is 3.79. The van der Waals surface area contributed by atoms with Gasteiger partial charge in [-0.15, -0.1) is 0 Å². The van der Waals surface area contributed by atoms with E-state index in [1.165, 1.54) is 6.92 Å². The van der Waals surface area contributed by atoms with E-state index >= 15 is 0 Å². The summed E-state index contributed by atoms with van der Waals surface area (Å²) in [6.07, 6.45) is 1.59. The second-order valence-electron chi connectivity index (χ2n) is 9.03. The van der Waals surface area contributed by atoms with Gasteiger partial charge < -0.3 is 24.6 Å². The minimum atomic E-state index is -0.930. The van der Waals surface area contributed by atoms with Gasteiger partial charge in [0, 0.05) is 38.7 Å². The summed E-state index contributed by atoms with van der Waals surface area (Å²) in [7, 11) is 1.58. The first kappa shape index (κ1) is 23.6. The van der Waals surface area contributed by atoms with Crippen LogP contribution in [0.25, 0.3) is 0 Å². The van der Waals surface area contributed by atoms with Crippen LogP contribution in [0.3, 0.4) is 0 Å². The van der Waals surface area contributed by atoms with Crippen LogP contribution in [0.1, 0.15) is 37.9 Å². The van der Waals surface area contributed by atoms with E-state index in [-0.39, 0.29) is 17.4 Å². The second-order valence-corrected chi connectivity index (χ2v) is 9.03. The number of methoxy groups -OCH3 is 1. The molecule has 1 N–H and O–H groups in total. The third-order valence-corrected chi connectivity index (χ3v) is 6.82. The Kier molecular flexibility index (Phi) is 7.05. The molecule has 4 rings (SSSR count). The van der Waals surface area contributed by atoms with E-state index in [0.717, 1.165) is 19.3 Å². The standard InChI is InChI=1S/C26H31N3O5/c1-19(30)34-23(20-8-4-3-5-9-20)24(31)29-17-14-26(18-29)12-15-28(16-13-26)25(32)27-21-10-6-7-11-22(21)33-2/h3-11,23H,12-18H2,1-2H3,(H,27,32)/t23-/m1/s1. The van der Waals surface area contributed by atoms with E-state index in [1.54, 1.807) is 19.2 Å². The molecule has 8 nitrogen and oxygen atoms in total. The molecule has 0 unspecified atom stereocenters. The van der Waals surface area contributed by atoms with Crippen LogP contribution in [0.15, 0.2) is 54.6 Å². The lowest BCUT2D eigenvalue weighted by Crippen LogP contribution is -2.46. The number of esters is 1.